The van der Waals surface area contributed by atoms with E-state index in [0.29, 0.717) is 0 Å². The molecule has 5 heteroatoms. The van der Waals surface area contributed by atoms with Crippen LogP contribution in [0.4, 0.5) is 0 Å². The third kappa shape index (κ3) is 59.1. The van der Waals surface area contributed by atoms with Gasteiger partial charge in [-0.05, 0) is 0 Å². The summed E-state index contributed by atoms with van der Waals surface area (Å²) in [6.45, 7) is 0. The fourth-order valence-electron chi connectivity index (χ4n) is 0. The number of hydrogen-bond acceptors (Lipinski definition) is 1. The Balaban J connectivity index is -0.0000000450. The molecule has 0 fully saturated rings. The van der Waals surface area contributed by atoms with Crippen LogP contribution in [0.1, 0.15) is 7.43 Å². The molecule has 0 heterocycles. The molecule has 0 amide bonds. The second kappa shape index (κ2) is 9.56. The Labute approximate surface area is 63.9 Å². The summed E-state index contributed by atoms with van der Waals surface area (Å²) in [6, 6.07) is 0. The van der Waals surface area contributed by atoms with Crippen molar-refractivity contribution < 1.29 is 11.9 Å². The van der Waals surface area contributed by atoms with Gasteiger partial charge in [-0.2, -0.15) is 0 Å². The molecule has 2 N–H and O–H groups in total. The topological polar surface area (TPSA) is 57.5 Å². The van der Waals surface area contributed by atoms with Crippen LogP contribution in [0.5, 0.6) is 0 Å². The fourth-order valence-corrected chi connectivity index (χ4v) is 0. The minimum atomic E-state index is -3.58. The molecule has 36 valence electrons. The van der Waals surface area contributed by atoms with Crippen LogP contribution in [0.15, 0.2) is 0 Å². The molecule has 0 saturated heterocycles. The van der Waals surface area contributed by atoms with Gasteiger partial charge in [-0.1, -0.05) is 7.43 Å². The zero-order valence-electron chi connectivity index (χ0n) is 1.80. The molecule has 0 aromatic rings. The predicted molar refractivity (Wildman–Crippen MR) is 26.2 cm³/mol. The molecule has 0 spiro atoms. The Bertz CT molecular complexity index is 33.8. The van der Waals surface area contributed by atoms with Crippen LogP contribution >= 0.6 is 0 Å². The molecular weight excluding hydrogens is 158 g/mol. The summed E-state index contributed by atoms with van der Waals surface area (Å²) in [7, 11) is 0. The van der Waals surface area contributed by atoms with Gasteiger partial charge in [0.15, 0.2) is 0 Å². The summed E-state index contributed by atoms with van der Waals surface area (Å²) in [6.07, 6.45) is 0. The molecule has 6 heavy (non-hydrogen) atoms. The van der Waals surface area contributed by atoms with Crippen LogP contribution in [-0.2, 0) is 3.74 Å². The first kappa shape index (κ1) is 15.7. The summed E-state index contributed by atoms with van der Waals surface area (Å²) >= 11 is -3.58. The second-order valence-electron chi connectivity index (χ2n) is 0.283. The molecule has 0 atom stereocenters. The molecule has 0 aromatic heterocycles. The van der Waals surface area contributed by atoms with E-state index in [1.165, 1.54) is 0 Å². The predicted octanol–water partition coefficient (Wildman–Crippen LogP) is -1.89. The van der Waals surface area contributed by atoms with Gasteiger partial charge in [-0.3, -0.25) is 0 Å². The molecule has 0 rings (SSSR count). The molecule has 0 radical (unpaired) electrons. The zero-order chi connectivity index (χ0) is 3.58. The quantitative estimate of drug-likeness (QED) is 0.413. The molecular formula is CH8AsNaO3. The maximum absolute atomic E-state index is 8.81. The van der Waals surface area contributed by atoms with Crippen LogP contribution in [0, 0.1) is 0 Å². The fraction of sp³-hybridized carbons (Fsp3) is 1.00. The SMILES string of the molecule is C.O=[AsH](O)O.[NaH]. The van der Waals surface area contributed by atoms with Crippen LogP contribution in [0.3, 0.4) is 0 Å². The Hall–Kier alpha value is 1.28. The normalized spacial score (nSPS) is 5.83. The van der Waals surface area contributed by atoms with E-state index in [-0.39, 0.29) is 37.0 Å². The van der Waals surface area contributed by atoms with Gasteiger partial charge in [0, 0.05) is 0 Å². The molecule has 0 aliphatic carbocycles. The third-order valence-electron chi connectivity index (χ3n) is 0. The van der Waals surface area contributed by atoms with Gasteiger partial charge in [-0.15, -0.1) is 0 Å². The molecule has 3 nitrogen and oxygen atoms in total. The summed E-state index contributed by atoms with van der Waals surface area (Å²) in [4.78, 5) is 0. The molecule has 0 aliphatic rings. The van der Waals surface area contributed by atoms with Crippen molar-refractivity contribution in [3.8, 4) is 0 Å². The average molecular weight is 166 g/mol. The van der Waals surface area contributed by atoms with Crippen molar-refractivity contribution in [3.63, 3.8) is 0 Å². The first-order valence-corrected chi connectivity index (χ1v) is 3.38. The monoisotopic (exact) mass is 166 g/mol. The summed E-state index contributed by atoms with van der Waals surface area (Å²) in [5, 5.41) is 0. The first-order valence-electron chi connectivity index (χ1n) is 0.651. The van der Waals surface area contributed by atoms with Gasteiger partial charge >= 0.3 is 56.8 Å². The van der Waals surface area contributed by atoms with Gasteiger partial charge in [0.25, 0.3) is 0 Å². The Kier molecular flexibility index (Phi) is 25.0. The van der Waals surface area contributed by atoms with Crippen molar-refractivity contribution in [2.45, 2.75) is 7.43 Å². The Morgan fingerprint density at radius 3 is 1.33 bits per heavy atom. The molecule has 0 unspecified atom stereocenters. The van der Waals surface area contributed by atoms with Crippen molar-refractivity contribution in [3.05, 3.63) is 0 Å². The van der Waals surface area contributed by atoms with E-state index in [1.54, 1.807) is 0 Å². The van der Waals surface area contributed by atoms with E-state index in [0.717, 1.165) is 0 Å². The van der Waals surface area contributed by atoms with Crippen LogP contribution < -0.4 is 0 Å². The van der Waals surface area contributed by atoms with Crippen LogP contribution in [-0.4, -0.2) is 53.0 Å². The number of hydrogen-bond donors (Lipinski definition) is 2. The van der Waals surface area contributed by atoms with Crippen molar-refractivity contribution >= 4 is 44.8 Å². The van der Waals surface area contributed by atoms with Crippen molar-refractivity contribution in [2.24, 2.45) is 0 Å². The van der Waals surface area contributed by atoms with Crippen molar-refractivity contribution in [2.75, 3.05) is 0 Å². The van der Waals surface area contributed by atoms with Gasteiger partial charge < -0.3 is 0 Å². The molecule has 0 aromatic carbocycles. The minimum absolute atomic E-state index is 0. The standard InChI is InChI=1S/CH4.AsH3O3.Na.H/c;2-1(3)4;;/h1H4;1H,(H2,2,3,4);;. The van der Waals surface area contributed by atoms with E-state index in [9.17, 15) is 0 Å². The second-order valence-corrected chi connectivity index (χ2v) is 1.47. The Morgan fingerprint density at radius 1 is 1.33 bits per heavy atom. The summed E-state index contributed by atoms with van der Waals surface area (Å²) in [5.74, 6) is 0. The van der Waals surface area contributed by atoms with Gasteiger partial charge in [0.05, 0.1) is 0 Å². The number of rotatable bonds is 0. The summed E-state index contributed by atoms with van der Waals surface area (Å²) in [5.41, 5.74) is 0. The van der Waals surface area contributed by atoms with E-state index < -0.39 is 15.3 Å². The first-order chi connectivity index (χ1) is 1.73. The van der Waals surface area contributed by atoms with E-state index in [4.69, 9.17) is 11.9 Å². The average Bonchev–Trinajstić information content (AvgIpc) is 0.811. The van der Waals surface area contributed by atoms with Crippen LogP contribution in [0.2, 0.25) is 0 Å². The van der Waals surface area contributed by atoms with Gasteiger partial charge in [0.1, 0.15) is 0 Å². The summed E-state index contributed by atoms with van der Waals surface area (Å²) < 4.78 is 23.2. The zero-order valence-corrected chi connectivity index (χ0v) is 3.90. The molecule has 0 saturated carbocycles. The van der Waals surface area contributed by atoms with E-state index in [2.05, 4.69) is 0 Å². The van der Waals surface area contributed by atoms with Crippen molar-refractivity contribution in [1.29, 1.82) is 0 Å². The Morgan fingerprint density at radius 2 is 1.33 bits per heavy atom. The van der Waals surface area contributed by atoms with Crippen LogP contribution in [0.25, 0.3) is 0 Å². The van der Waals surface area contributed by atoms with Gasteiger partial charge in [0.2, 0.25) is 0 Å². The maximum atomic E-state index is 8.81. The van der Waals surface area contributed by atoms with E-state index >= 15 is 0 Å². The van der Waals surface area contributed by atoms with Gasteiger partial charge in [-0.25, -0.2) is 0 Å². The van der Waals surface area contributed by atoms with E-state index in [1.807, 2.05) is 0 Å². The molecule has 0 bridgehead atoms. The third-order valence-corrected chi connectivity index (χ3v) is 0. The van der Waals surface area contributed by atoms with Crippen molar-refractivity contribution in [1.82, 2.24) is 0 Å². The molecule has 0 aliphatic heterocycles.